The molecule has 0 aliphatic heterocycles. The Morgan fingerprint density at radius 1 is 1.35 bits per heavy atom. The van der Waals surface area contributed by atoms with E-state index in [1.165, 1.54) is 0 Å². The number of hydrogen-bond donors (Lipinski definition) is 2. The number of amides is 1. The summed E-state index contributed by atoms with van der Waals surface area (Å²) in [7, 11) is 0. The Balaban J connectivity index is 1.90. The molecule has 0 aliphatic carbocycles. The zero-order valence-electron chi connectivity index (χ0n) is 10.8. The van der Waals surface area contributed by atoms with E-state index in [9.17, 15) is 4.79 Å². The first-order valence-electron chi connectivity index (χ1n) is 6.11. The molecule has 1 amide bonds. The van der Waals surface area contributed by atoms with Crippen molar-refractivity contribution in [3.8, 4) is 0 Å². The zero-order chi connectivity index (χ0) is 13.9. The minimum atomic E-state index is -0.184. The summed E-state index contributed by atoms with van der Waals surface area (Å²) in [5, 5.41) is 16.9. The molecule has 0 bridgehead atoms. The lowest BCUT2D eigenvalue weighted by Gasteiger charge is -2.07. The van der Waals surface area contributed by atoms with Gasteiger partial charge in [0.05, 0.1) is 17.6 Å². The van der Waals surface area contributed by atoms with Crippen molar-refractivity contribution in [2.45, 2.75) is 13.5 Å². The maximum atomic E-state index is 12.3. The standard InChI is InChI=1S/C13H12N6O/c1-8-6-10(9-4-2-3-5-11(9)15-8)13(20)14-7-12-16-18-19-17-12/h2-6H,7H2,1H3,(H,14,20)(H,16,17,18,19). The van der Waals surface area contributed by atoms with Crippen molar-refractivity contribution in [2.75, 3.05) is 0 Å². The number of hydrogen-bond acceptors (Lipinski definition) is 5. The Morgan fingerprint density at radius 3 is 3.00 bits per heavy atom. The van der Waals surface area contributed by atoms with E-state index in [0.29, 0.717) is 11.4 Å². The number of rotatable bonds is 3. The van der Waals surface area contributed by atoms with Gasteiger partial charge in [0.1, 0.15) is 0 Å². The molecule has 3 rings (SSSR count). The number of aryl methyl sites for hydroxylation is 1. The van der Waals surface area contributed by atoms with E-state index >= 15 is 0 Å². The van der Waals surface area contributed by atoms with Gasteiger partial charge in [0.15, 0.2) is 5.82 Å². The third kappa shape index (κ3) is 2.33. The molecule has 1 aromatic carbocycles. The Hall–Kier alpha value is -2.83. The van der Waals surface area contributed by atoms with Gasteiger partial charge in [-0.15, -0.1) is 10.2 Å². The summed E-state index contributed by atoms with van der Waals surface area (Å²) in [5.74, 6) is 0.255. The van der Waals surface area contributed by atoms with Crippen molar-refractivity contribution < 1.29 is 4.79 Å². The van der Waals surface area contributed by atoms with Gasteiger partial charge in [0, 0.05) is 11.1 Å². The van der Waals surface area contributed by atoms with E-state index in [0.717, 1.165) is 16.6 Å². The van der Waals surface area contributed by atoms with E-state index in [1.54, 1.807) is 6.07 Å². The maximum Gasteiger partial charge on any atom is 0.252 e. The van der Waals surface area contributed by atoms with Crippen molar-refractivity contribution in [1.82, 2.24) is 30.9 Å². The maximum absolute atomic E-state index is 12.3. The topological polar surface area (TPSA) is 96.5 Å². The second-order valence-electron chi connectivity index (χ2n) is 4.34. The van der Waals surface area contributed by atoms with Crippen LogP contribution in [0.4, 0.5) is 0 Å². The fourth-order valence-corrected chi connectivity index (χ4v) is 2.01. The molecule has 0 saturated carbocycles. The number of tetrazole rings is 1. The largest absolute Gasteiger partial charge is 0.345 e. The molecule has 7 nitrogen and oxygen atoms in total. The molecule has 2 heterocycles. The van der Waals surface area contributed by atoms with Crippen molar-refractivity contribution in [3.63, 3.8) is 0 Å². The second-order valence-corrected chi connectivity index (χ2v) is 4.34. The molecule has 20 heavy (non-hydrogen) atoms. The highest BCUT2D eigenvalue weighted by Gasteiger charge is 2.12. The van der Waals surface area contributed by atoms with Crippen molar-refractivity contribution in [1.29, 1.82) is 0 Å². The number of benzene rings is 1. The first-order valence-corrected chi connectivity index (χ1v) is 6.11. The van der Waals surface area contributed by atoms with Gasteiger partial charge < -0.3 is 5.32 Å². The summed E-state index contributed by atoms with van der Waals surface area (Å²) in [4.78, 5) is 16.7. The Kier molecular flexibility index (Phi) is 3.08. The van der Waals surface area contributed by atoms with Gasteiger partial charge >= 0.3 is 0 Å². The lowest BCUT2D eigenvalue weighted by Crippen LogP contribution is -2.24. The van der Waals surface area contributed by atoms with Crippen LogP contribution in [0.25, 0.3) is 10.9 Å². The molecule has 0 atom stereocenters. The number of carbonyl (C=O) groups is 1. The Labute approximate surface area is 114 Å². The van der Waals surface area contributed by atoms with Gasteiger partial charge in [0.2, 0.25) is 0 Å². The highest BCUT2D eigenvalue weighted by molar-refractivity contribution is 6.06. The zero-order valence-corrected chi connectivity index (χ0v) is 10.8. The molecule has 0 fully saturated rings. The van der Waals surface area contributed by atoms with Gasteiger partial charge in [-0.3, -0.25) is 9.78 Å². The monoisotopic (exact) mass is 268 g/mol. The van der Waals surface area contributed by atoms with Crippen LogP contribution in [0.2, 0.25) is 0 Å². The Bertz CT molecular complexity index is 753. The van der Waals surface area contributed by atoms with Crippen LogP contribution in [0.3, 0.4) is 0 Å². The first kappa shape index (κ1) is 12.2. The second kappa shape index (κ2) is 5.04. The summed E-state index contributed by atoms with van der Waals surface area (Å²) >= 11 is 0. The average Bonchev–Trinajstić information content (AvgIpc) is 2.97. The normalized spacial score (nSPS) is 10.7. The number of aromatic nitrogens is 5. The predicted octanol–water partition coefficient (Wildman–Crippen LogP) is 0.986. The van der Waals surface area contributed by atoms with E-state index in [4.69, 9.17) is 0 Å². The number of aromatic amines is 1. The van der Waals surface area contributed by atoms with Crippen molar-refractivity contribution in [3.05, 3.63) is 47.4 Å². The van der Waals surface area contributed by atoms with E-state index in [2.05, 4.69) is 30.9 Å². The van der Waals surface area contributed by atoms with Crippen LogP contribution in [0.5, 0.6) is 0 Å². The van der Waals surface area contributed by atoms with E-state index in [1.807, 2.05) is 31.2 Å². The molecule has 2 aromatic heterocycles. The van der Waals surface area contributed by atoms with Gasteiger partial charge in [-0.2, -0.15) is 5.21 Å². The lowest BCUT2D eigenvalue weighted by molar-refractivity contribution is 0.0951. The van der Waals surface area contributed by atoms with Crippen LogP contribution in [0.1, 0.15) is 21.9 Å². The van der Waals surface area contributed by atoms with E-state index < -0.39 is 0 Å². The predicted molar refractivity (Wildman–Crippen MR) is 71.8 cm³/mol. The summed E-state index contributed by atoms with van der Waals surface area (Å²) in [5.41, 5.74) is 2.20. The number of H-pyrrole nitrogens is 1. The van der Waals surface area contributed by atoms with Crippen LogP contribution in [-0.2, 0) is 6.54 Å². The summed E-state index contributed by atoms with van der Waals surface area (Å²) in [6.45, 7) is 2.09. The summed E-state index contributed by atoms with van der Waals surface area (Å²) in [6, 6.07) is 9.32. The molecule has 0 saturated heterocycles. The minimum Gasteiger partial charge on any atom is -0.345 e. The molecule has 0 unspecified atom stereocenters. The number of pyridine rings is 1. The first-order chi connectivity index (χ1) is 9.74. The minimum absolute atomic E-state index is 0.184. The van der Waals surface area contributed by atoms with E-state index in [-0.39, 0.29) is 12.5 Å². The van der Waals surface area contributed by atoms with Crippen LogP contribution in [0, 0.1) is 6.92 Å². The molecule has 0 aliphatic rings. The van der Waals surface area contributed by atoms with Crippen molar-refractivity contribution in [2.24, 2.45) is 0 Å². The molecular formula is C13H12N6O. The molecular weight excluding hydrogens is 256 g/mol. The molecule has 3 aromatic rings. The third-order valence-electron chi connectivity index (χ3n) is 2.89. The Morgan fingerprint density at radius 2 is 2.20 bits per heavy atom. The lowest BCUT2D eigenvalue weighted by atomic mass is 10.1. The number of para-hydroxylation sites is 1. The van der Waals surface area contributed by atoms with Crippen LogP contribution in [-0.4, -0.2) is 31.5 Å². The quantitative estimate of drug-likeness (QED) is 0.738. The van der Waals surface area contributed by atoms with Crippen LogP contribution in [0.15, 0.2) is 30.3 Å². The summed E-state index contributed by atoms with van der Waals surface area (Å²) in [6.07, 6.45) is 0. The third-order valence-corrected chi connectivity index (χ3v) is 2.89. The fraction of sp³-hybridized carbons (Fsp3) is 0.154. The van der Waals surface area contributed by atoms with Gasteiger partial charge in [-0.05, 0) is 19.1 Å². The van der Waals surface area contributed by atoms with Gasteiger partial charge in [-0.25, -0.2) is 0 Å². The number of nitrogens with one attached hydrogen (secondary N) is 2. The van der Waals surface area contributed by atoms with Crippen molar-refractivity contribution >= 4 is 16.8 Å². The fourth-order valence-electron chi connectivity index (χ4n) is 2.01. The van der Waals surface area contributed by atoms with Crippen LogP contribution < -0.4 is 5.32 Å². The van der Waals surface area contributed by atoms with Gasteiger partial charge in [-0.1, -0.05) is 23.4 Å². The highest BCUT2D eigenvalue weighted by Crippen LogP contribution is 2.18. The molecule has 0 radical (unpaired) electrons. The number of carbonyl (C=O) groups excluding carboxylic acids is 1. The highest BCUT2D eigenvalue weighted by atomic mass is 16.1. The average molecular weight is 268 g/mol. The molecule has 0 spiro atoms. The molecule has 7 heteroatoms. The number of nitrogens with zero attached hydrogens (tertiary/aromatic N) is 4. The number of fused-ring (bicyclic) bond motifs is 1. The molecule has 2 N–H and O–H groups in total. The van der Waals surface area contributed by atoms with Gasteiger partial charge in [0.25, 0.3) is 5.91 Å². The molecule has 100 valence electrons. The smallest absolute Gasteiger partial charge is 0.252 e. The van der Waals surface area contributed by atoms with Crippen LogP contribution >= 0.6 is 0 Å². The SMILES string of the molecule is Cc1cc(C(=O)NCc2nn[nH]n2)c2ccccc2n1. The summed E-state index contributed by atoms with van der Waals surface area (Å²) < 4.78 is 0.